The lowest BCUT2D eigenvalue weighted by Gasteiger charge is -2.01. The Hall–Kier alpha value is -1.55. The van der Waals surface area contributed by atoms with Crippen LogP contribution in [-0.2, 0) is 6.42 Å². The van der Waals surface area contributed by atoms with Gasteiger partial charge in [0.15, 0.2) is 5.78 Å². The molecule has 2 aromatic rings. The number of carbonyl (C=O) groups excluding carboxylic acids is 1. The van der Waals surface area contributed by atoms with E-state index in [9.17, 15) is 4.79 Å². The minimum Gasteiger partial charge on any atom is -0.294 e. The van der Waals surface area contributed by atoms with Gasteiger partial charge in [-0.25, -0.2) is 4.98 Å². The van der Waals surface area contributed by atoms with Gasteiger partial charge in [-0.2, -0.15) is 0 Å². The first-order valence-corrected chi connectivity index (χ1v) is 5.90. The Morgan fingerprint density at radius 2 is 2.25 bits per heavy atom. The summed E-state index contributed by atoms with van der Waals surface area (Å²) >= 11 is 1.53. The number of aromatic nitrogens is 2. The van der Waals surface area contributed by atoms with Gasteiger partial charge in [0.1, 0.15) is 5.01 Å². The number of ketones is 1. The van der Waals surface area contributed by atoms with Crippen LogP contribution in [0.3, 0.4) is 0 Å². The molecule has 0 unspecified atom stereocenters. The molecule has 0 radical (unpaired) electrons. The Balaban J connectivity index is 2.18. The Morgan fingerprint density at radius 1 is 1.44 bits per heavy atom. The minimum absolute atomic E-state index is 0.0833. The van der Waals surface area contributed by atoms with Crippen molar-refractivity contribution in [3.05, 3.63) is 45.7 Å². The number of nitrogens with zero attached hydrogens (tertiary/aromatic N) is 2. The van der Waals surface area contributed by atoms with Crippen molar-refractivity contribution >= 4 is 17.1 Å². The van der Waals surface area contributed by atoms with Gasteiger partial charge in [-0.1, -0.05) is 0 Å². The maximum atomic E-state index is 12.0. The predicted molar refractivity (Wildman–Crippen MR) is 63.9 cm³/mol. The molecule has 0 aliphatic rings. The summed E-state index contributed by atoms with van der Waals surface area (Å²) in [6.07, 6.45) is 2.06. The van der Waals surface area contributed by atoms with Crippen molar-refractivity contribution in [3.8, 4) is 0 Å². The van der Waals surface area contributed by atoms with E-state index in [1.165, 1.54) is 11.3 Å². The summed E-state index contributed by atoms with van der Waals surface area (Å²) in [7, 11) is 0. The zero-order valence-electron chi connectivity index (χ0n) is 9.23. The van der Waals surface area contributed by atoms with Crippen LogP contribution in [-0.4, -0.2) is 15.8 Å². The summed E-state index contributed by atoms with van der Waals surface area (Å²) < 4.78 is 0. The molecule has 82 valence electrons. The first kappa shape index (κ1) is 11.0. The van der Waals surface area contributed by atoms with Gasteiger partial charge in [-0.15, -0.1) is 11.3 Å². The van der Waals surface area contributed by atoms with E-state index in [-0.39, 0.29) is 5.78 Å². The van der Waals surface area contributed by atoms with E-state index >= 15 is 0 Å². The van der Waals surface area contributed by atoms with E-state index < -0.39 is 0 Å². The van der Waals surface area contributed by atoms with E-state index in [4.69, 9.17) is 0 Å². The fraction of sp³-hybridized carbons (Fsp3) is 0.250. The quantitative estimate of drug-likeness (QED) is 0.764. The van der Waals surface area contributed by atoms with E-state index in [1.807, 2.05) is 25.3 Å². The molecule has 0 aliphatic carbocycles. The molecule has 0 saturated carbocycles. The number of rotatable bonds is 3. The second-order valence-corrected chi connectivity index (χ2v) is 4.56. The molecule has 16 heavy (non-hydrogen) atoms. The Kier molecular flexibility index (Phi) is 3.10. The molecule has 0 aromatic carbocycles. The van der Waals surface area contributed by atoms with Crippen LogP contribution in [0.1, 0.15) is 26.8 Å². The molecule has 0 atom stereocenters. The topological polar surface area (TPSA) is 42.9 Å². The smallest absolute Gasteiger partial charge is 0.171 e. The van der Waals surface area contributed by atoms with Crippen LogP contribution < -0.4 is 0 Å². The van der Waals surface area contributed by atoms with Crippen molar-refractivity contribution < 1.29 is 4.79 Å². The average molecular weight is 232 g/mol. The van der Waals surface area contributed by atoms with E-state index in [1.54, 1.807) is 12.3 Å². The lowest BCUT2D eigenvalue weighted by atomic mass is 10.1. The third-order valence-electron chi connectivity index (χ3n) is 2.29. The maximum Gasteiger partial charge on any atom is 0.171 e. The monoisotopic (exact) mass is 232 g/mol. The molecule has 0 spiro atoms. The van der Waals surface area contributed by atoms with Crippen molar-refractivity contribution in [3.63, 3.8) is 0 Å². The highest BCUT2D eigenvalue weighted by Crippen LogP contribution is 2.13. The van der Waals surface area contributed by atoms with Crippen LogP contribution >= 0.6 is 11.3 Å². The highest BCUT2D eigenvalue weighted by molar-refractivity contribution is 7.09. The minimum atomic E-state index is 0.0833. The summed E-state index contributed by atoms with van der Waals surface area (Å²) in [4.78, 5) is 20.4. The Morgan fingerprint density at radius 3 is 2.88 bits per heavy atom. The van der Waals surface area contributed by atoms with Crippen LogP contribution in [0, 0.1) is 13.8 Å². The van der Waals surface area contributed by atoms with E-state index in [2.05, 4.69) is 9.97 Å². The number of hydrogen-bond acceptors (Lipinski definition) is 4. The highest BCUT2D eigenvalue weighted by Gasteiger charge is 2.11. The highest BCUT2D eigenvalue weighted by atomic mass is 32.1. The average Bonchev–Trinajstić information content (AvgIpc) is 2.64. The number of carbonyl (C=O) groups is 1. The van der Waals surface area contributed by atoms with Gasteiger partial charge >= 0.3 is 0 Å². The molecule has 0 aliphatic heterocycles. The van der Waals surface area contributed by atoms with E-state index in [0.717, 1.165) is 16.4 Å². The third kappa shape index (κ3) is 2.33. The normalized spacial score (nSPS) is 10.4. The Labute approximate surface area is 98.2 Å². The van der Waals surface area contributed by atoms with Crippen LogP contribution in [0.4, 0.5) is 0 Å². The maximum absolute atomic E-state index is 12.0. The van der Waals surface area contributed by atoms with Crippen LogP contribution in [0.5, 0.6) is 0 Å². The summed E-state index contributed by atoms with van der Waals surface area (Å²) in [6.45, 7) is 3.78. The molecule has 2 aromatic heterocycles. The van der Waals surface area contributed by atoms with Crippen molar-refractivity contribution in [2.75, 3.05) is 0 Å². The lowest BCUT2D eigenvalue weighted by Crippen LogP contribution is -2.06. The second kappa shape index (κ2) is 4.53. The zero-order chi connectivity index (χ0) is 11.5. The van der Waals surface area contributed by atoms with E-state index in [0.29, 0.717) is 12.0 Å². The third-order valence-corrected chi connectivity index (χ3v) is 3.25. The van der Waals surface area contributed by atoms with Gasteiger partial charge in [0.25, 0.3) is 0 Å². The van der Waals surface area contributed by atoms with Gasteiger partial charge in [0.2, 0.25) is 0 Å². The van der Waals surface area contributed by atoms with Crippen LogP contribution in [0.15, 0.2) is 23.7 Å². The van der Waals surface area contributed by atoms with Crippen molar-refractivity contribution in [2.24, 2.45) is 0 Å². The van der Waals surface area contributed by atoms with Gasteiger partial charge in [0.05, 0.1) is 6.42 Å². The van der Waals surface area contributed by atoms with Crippen LogP contribution in [0.25, 0.3) is 0 Å². The fourth-order valence-electron chi connectivity index (χ4n) is 1.50. The summed E-state index contributed by atoms with van der Waals surface area (Å²) in [6, 6.07) is 3.60. The van der Waals surface area contributed by atoms with Gasteiger partial charge in [0, 0.05) is 28.5 Å². The first-order valence-electron chi connectivity index (χ1n) is 5.02. The van der Waals surface area contributed by atoms with Gasteiger partial charge in [-0.3, -0.25) is 9.78 Å². The molecule has 0 N–H and O–H groups in total. The first-order chi connectivity index (χ1) is 7.66. The van der Waals surface area contributed by atoms with Crippen molar-refractivity contribution in [1.82, 2.24) is 9.97 Å². The fourth-order valence-corrected chi connectivity index (χ4v) is 2.27. The summed E-state index contributed by atoms with van der Waals surface area (Å²) in [5, 5.41) is 2.82. The number of hydrogen-bond donors (Lipinski definition) is 0. The number of thiazole rings is 1. The molecule has 2 heterocycles. The molecule has 0 fully saturated rings. The van der Waals surface area contributed by atoms with Gasteiger partial charge in [-0.05, 0) is 26.0 Å². The standard InChI is InChI=1S/C12H12N2OS/c1-8-7-16-12(14-8)6-11(15)10-4-3-5-13-9(10)2/h3-5,7H,6H2,1-2H3. The molecule has 4 heteroatoms. The van der Waals surface area contributed by atoms with Crippen LogP contribution in [0.2, 0.25) is 0 Å². The predicted octanol–water partition coefficient (Wildman–Crippen LogP) is 2.58. The largest absolute Gasteiger partial charge is 0.294 e. The molecule has 0 amide bonds. The zero-order valence-corrected chi connectivity index (χ0v) is 10.0. The lowest BCUT2D eigenvalue weighted by molar-refractivity contribution is 0.0992. The molecule has 0 saturated heterocycles. The molecule has 3 nitrogen and oxygen atoms in total. The Bertz CT molecular complexity index is 519. The second-order valence-electron chi connectivity index (χ2n) is 3.62. The van der Waals surface area contributed by atoms with Gasteiger partial charge < -0.3 is 0 Å². The number of pyridine rings is 1. The molecular formula is C12H12N2OS. The molecule has 2 rings (SSSR count). The number of Topliss-reactive ketones (excluding diaryl/α,β-unsaturated/α-hetero) is 1. The summed E-state index contributed by atoms with van der Waals surface area (Å²) in [5.74, 6) is 0.0833. The molecular weight excluding hydrogens is 220 g/mol. The van der Waals surface area contributed by atoms with Crippen molar-refractivity contribution in [1.29, 1.82) is 0 Å². The summed E-state index contributed by atoms with van der Waals surface area (Å²) in [5.41, 5.74) is 2.44. The molecule has 0 bridgehead atoms. The SMILES string of the molecule is Cc1csc(CC(=O)c2cccnc2C)n1. The number of aryl methyl sites for hydroxylation is 2. The van der Waals surface area contributed by atoms with Crippen molar-refractivity contribution in [2.45, 2.75) is 20.3 Å².